The van der Waals surface area contributed by atoms with Crippen molar-refractivity contribution >= 4 is 16.5 Å². The maximum atomic E-state index is 4.91. The van der Waals surface area contributed by atoms with Crippen molar-refractivity contribution in [2.24, 2.45) is 0 Å². The topological polar surface area (TPSA) is 31.4 Å². The Hall–Kier alpha value is -0.650. The van der Waals surface area contributed by atoms with Gasteiger partial charge in [0.1, 0.15) is 0 Å². The highest BCUT2D eigenvalue weighted by Gasteiger charge is 2.30. The van der Waals surface area contributed by atoms with Gasteiger partial charge in [-0.3, -0.25) is 0 Å². The van der Waals surface area contributed by atoms with Crippen molar-refractivity contribution < 1.29 is 0 Å². The molecule has 0 amide bonds. The first kappa shape index (κ1) is 15.7. The third-order valence-electron chi connectivity index (χ3n) is 3.60. The van der Waals surface area contributed by atoms with Crippen LogP contribution < -0.4 is 10.2 Å². The molecule has 1 aliphatic carbocycles. The average Bonchev–Trinajstić information content (AvgIpc) is 3.17. The molecule has 2 rings (SSSR count). The highest BCUT2D eigenvalue weighted by molar-refractivity contribution is 7.15. The lowest BCUT2D eigenvalue weighted by Crippen LogP contribution is -2.28. The van der Waals surface area contributed by atoms with E-state index in [0.717, 1.165) is 32.1 Å². The number of hydrogen-bond acceptors (Lipinski definition) is 5. The summed E-state index contributed by atoms with van der Waals surface area (Å²) >= 11 is 1.87. The molecular weight excluding hydrogens is 268 g/mol. The predicted molar refractivity (Wildman–Crippen MR) is 87.9 cm³/mol. The van der Waals surface area contributed by atoms with Crippen LogP contribution in [0, 0.1) is 0 Å². The second-order valence-corrected chi connectivity index (χ2v) is 7.04. The van der Waals surface area contributed by atoms with Crippen LogP contribution in [0.5, 0.6) is 0 Å². The van der Waals surface area contributed by atoms with Gasteiger partial charge in [-0.25, -0.2) is 4.98 Å². The van der Waals surface area contributed by atoms with E-state index in [9.17, 15) is 0 Å². The Morgan fingerprint density at radius 2 is 2.00 bits per heavy atom. The molecule has 0 unspecified atom stereocenters. The van der Waals surface area contributed by atoms with E-state index < -0.39 is 0 Å². The molecule has 5 heteroatoms. The monoisotopic (exact) mass is 296 g/mol. The van der Waals surface area contributed by atoms with Gasteiger partial charge in [-0.2, -0.15) is 0 Å². The number of nitrogens with one attached hydrogen (secondary N) is 1. The van der Waals surface area contributed by atoms with Crippen LogP contribution >= 0.6 is 11.3 Å². The van der Waals surface area contributed by atoms with Crippen molar-refractivity contribution in [1.29, 1.82) is 0 Å². The molecule has 4 nitrogen and oxygen atoms in total. The summed E-state index contributed by atoms with van der Waals surface area (Å²) in [5, 5.41) is 4.70. The highest BCUT2D eigenvalue weighted by atomic mass is 32.1. The van der Waals surface area contributed by atoms with Gasteiger partial charge in [-0.1, -0.05) is 6.92 Å². The Morgan fingerprint density at radius 3 is 2.60 bits per heavy atom. The van der Waals surface area contributed by atoms with E-state index in [1.54, 1.807) is 0 Å². The zero-order valence-electron chi connectivity index (χ0n) is 13.3. The first-order chi connectivity index (χ1) is 9.61. The summed E-state index contributed by atoms with van der Waals surface area (Å²) in [5.41, 5.74) is 1.37. The standard InChI is InChI=1S/C15H28N4S/c1-5-8-16-11-13-14(12-6-7-12)17-15(20-13)19(4)10-9-18(2)3/h12,16H,5-11H2,1-4H3. The summed E-state index contributed by atoms with van der Waals surface area (Å²) in [6.07, 6.45) is 3.84. The molecule has 1 aromatic heterocycles. The summed E-state index contributed by atoms with van der Waals surface area (Å²) in [7, 11) is 6.39. The second kappa shape index (κ2) is 7.38. The van der Waals surface area contributed by atoms with Crippen LogP contribution in [0.2, 0.25) is 0 Å². The van der Waals surface area contributed by atoms with E-state index in [1.807, 2.05) is 11.3 Å². The predicted octanol–water partition coefficient (Wildman–Crippen LogP) is 2.52. The summed E-state index contributed by atoms with van der Waals surface area (Å²) in [6.45, 7) is 6.39. The van der Waals surface area contributed by atoms with Gasteiger partial charge in [0.2, 0.25) is 0 Å². The molecule has 1 aromatic rings. The minimum atomic E-state index is 0.737. The van der Waals surface area contributed by atoms with Crippen molar-refractivity contribution in [2.75, 3.05) is 45.7 Å². The Balaban J connectivity index is 2.00. The van der Waals surface area contributed by atoms with Gasteiger partial charge in [0, 0.05) is 37.5 Å². The third-order valence-corrected chi connectivity index (χ3v) is 4.79. The number of thiazole rings is 1. The van der Waals surface area contributed by atoms with Crippen LogP contribution in [0.1, 0.15) is 42.7 Å². The lowest BCUT2D eigenvalue weighted by atomic mass is 10.2. The summed E-state index contributed by atoms with van der Waals surface area (Å²) in [6, 6.07) is 0. The minimum absolute atomic E-state index is 0.737. The number of rotatable bonds is 9. The smallest absolute Gasteiger partial charge is 0.185 e. The fraction of sp³-hybridized carbons (Fsp3) is 0.800. The van der Waals surface area contributed by atoms with Crippen molar-refractivity contribution in [1.82, 2.24) is 15.2 Å². The number of hydrogen-bond donors (Lipinski definition) is 1. The molecule has 0 radical (unpaired) electrons. The zero-order chi connectivity index (χ0) is 14.5. The van der Waals surface area contributed by atoms with Gasteiger partial charge < -0.3 is 15.1 Å². The van der Waals surface area contributed by atoms with Crippen LogP contribution in [-0.2, 0) is 6.54 Å². The normalized spacial score (nSPS) is 15.1. The van der Waals surface area contributed by atoms with E-state index in [2.05, 4.69) is 43.2 Å². The molecule has 1 saturated carbocycles. The lowest BCUT2D eigenvalue weighted by Gasteiger charge is -2.18. The maximum Gasteiger partial charge on any atom is 0.185 e. The molecule has 1 aliphatic rings. The van der Waals surface area contributed by atoms with Gasteiger partial charge in [0.05, 0.1) is 5.69 Å². The molecule has 0 aromatic carbocycles. The SMILES string of the molecule is CCCNCc1sc(N(C)CCN(C)C)nc1C1CC1. The summed E-state index contributed by atoms with van der Waals surface area (Å²) in [5.74, 6) is 0.737. The van der Waals surface area contributed by atoms with Crippen molar-refractivity contribution in [3.05, 3.63) is 10.6 Å². The minimum Gasteiger partial charge on any atom is -0.350 e. The fourth-order valence-corrected chi connectivity index (χ4v) is 3.24. The van der Waals surface area contributed by atoms with Gasteiger partial charge in [-0.05, 0) is 39.9 Å². The Bertz CT molecular complexity index is 412. The second-order valence-electron chi connectivity index (χ2n) is 5.98. The van der Waals surface area contributed by atoms with E-state index >= 15 is 0 Å². The Labute approximate surface area is 127 Å². The third kappa shape index (κ3) is 4.43. The molecule has 1 heterocycles. The van der Waals surface area contributed by atoms with Crippen LogP contribution in [-0.4, -0.2) is 50.7 Å². The number of aromatic nitrogens is 1. The largest absolute Gasteiger partial charge is 0.350 e. The molecule has 1 N–H and O–H groups in total. The Morgan fingerprint density at radius 1 is 1.25 bits per heavy atom. The molecule has 0 spiro atoms. The van der Waals surface area contributed by atoms with Crippen LogP contribution in [0.15, 0.2) is 0 Å². The van der Waals surface area contributed by atoms with E-state index in [4.69, 9.17) is 4.98 Å². The molecule has 0 bridgehead atoms. The number of nitrogens with zero attached hydrogens (tertiary/aromatic N) is 3. The fourth-order valence-electron chi connectivity index (χ4n) is 2.14. The van der Waals surface area contributed by atoms with E-state index in [-0.39, 0.29) is 0 Å². The summed E-state index contributed by atoms with van der Waals surface area (Å²) < 4.78 is 0. The quantitative estimate of drug-likeness (QED) is 0.710. The van der Waals surface area contributed by atoms with Gasteiger partial charge in [0.25, 0.3) is 0 Å². The molecule has 0 atom stereocenters. The van der Waals surface area contributed by atoms with Crippen LogP contribution in [0.3, 0.4) is 0 Å². The Kier molecular flexibility index (Phi) is 5.81. The van der Waals surface area contributed by atoms with Gasteiger partial charge in [-0.15, -0.1) is 11.3 Å². The van der Waals surface area contributed by atoms with Gasteiger partial charge in [0.15, 0.2) is 5.13 Å². The first-order valence-corrected chi connectivity index (χ1v) is 8.49. The van der Waals surface area contributed by atoms with Crippen LogP contribution in [0.4, 0.5) is 5.13 Å². The molecular formula is C15H28N4S. The zero-order valence-corrected chi connectivity index (χ0v) is 14.1. The van der Waals surface area contributed by atoms with Crippen molar-refractivity contribution in [3.63, 3.8) is 0 Å². The molecule has 0 aliphatic heterocycles. The highest BCUT2D eigenvalue weighted by Crippen LogP contribution is 2.44. The molecule has 114 valence electrons. The van der Waals surface area contributed by atoms with Crippen LogP contribution in [0.25, 0.3) is 0 Å². The first-order valence-electron chi connectivity index (χ1n) is 7.68. The number of likely N-dealkylation sites (N-methyl/N-ethyl adjacent to an activating group) is 2. The van der Waals surface area contributed by atoms with E-state index in [1.165, 1.54) is 35.0 Å². The van der Waals surface area contributed by atoms with Crippen molar-refractivity contribution in [2.45, 2.75) is 38.6 Å². The van der Waals surface area contributed by atoms with Crippen molar-refractivity contribution in [3.8, 4) is 0 Å². The van der Waals surface area contributed by atoms with E-state index in [0.29, 0.717) is 0 Å². The summed E-state index contributed by atoms with van der Waals surface area (Å²) in [4.78, 5) is 10.9. The molecule has 0 saturated heterocycles. The average molecular weight is 296 g/mol. The molecule has 1 fully saturated rings. The lowest BCUT2D eigenvalue weighted by molar-refractivity contribution is 0.416. The van der Waals surface area contributed by atoms with Gasteiger partial charge >= 0.3 is 0 Å². The number of anilines is 1. The maximum absolute atomic E-state index is 4.91. The molecule has 20 heavy (non-hydrogen) atoms.